The Hall–Kier alpha value is -1.96. The number of carbonyl (C=O) groups excluding carboxylic acids is 1. The summed E-state index contributed by atoms with van der Waals surface area (Å²) in [7, 11) is 7.12. The van der Waals surface area contributed by atoms with Gasteiger partial charge < -0.3 is 24.0 Å². The Labute approximate surface area is 218 Å². The highest BCUT2D eigenvalue weighted by Gasteiger charge is 2.21. The SMILES string of the molecule is COc1cc2c(cc1Br)CCN(CCCN(C)CCCc1ccc(OC)c(OC)c1)C(=O)C2.Cl. The molecule has 1 aliphatic rings. The average molecular weight is 556 g/mol. The molecule has 0 saturated heterocycles. The van der Waals surface area contributed by atoms with Gasteiger partial charge in [0.15, 0.2) is 11.5 Å². The smallest absolute Gasteiger partial charge is 0.227 e. The minimum atomic E-state index is 0. The Morgan fingerprint density at radius 3 is 2.35 bits per heavy atom. The van der Waals surface area contributed by atoms with E-state index in [1.54, 1.807) is 21.3 Å². The summed E-state index contributed by atoms with van der Waals surface area (Å²) in [4.78, 5) is 17.2. The molecular formula is C26H36BrClN2O4. The summed E-state index contributed by atoms with van der Waals surface area (Å²) in [5, 5.41) is 0. The lowest BCUT2D eigenvalue weighted by Crippen LogP contribution is -2.35. The van der Waals surface area contributed by atoms with Crippen LogP contribution in [0, 0.1) is 0 Å². The lowest BCUT2D eigenvalue weighted by atomic mass is 10.0. The van der Waals surface area contributed by atoms with E-state index in [9.17, 15) is 4.79 Å². The molecule has 8 heteroatoms. The maximum absolute atomic E-state index is 12.8. The van der Waals surface area contributed by atoms with Crippen LogP contribution in [0.5, 0.6) is 17.2 Å². The Bertz CT molecular complexity index is 957. The van der Waals surface area contributed by atoms with Gasteiger partial charge in [-0.15, -0.1) is 12.4 Å². The van der Waals surface area contributed by atoms with Crippen LogP contribution in [0.2, 0.25) is 0 Å². The van der Waals surface area contributed by atoms with Crippen LogP contribution in [-0.2, 0) is 24.1 Å². The highest BCUT2D eigenvalue weighted by Crippen LogP contribution is 2.31. The standard InChI is InChI=1S/C26H35BrN2O4.ClH/c1-28(11-5-7-19-8-9-23(31-2)25(15-19)33-4)12-6-13-29-14-10-20-16-22(27)24(32-3)17-21(20)18-26(29)30;/h8-9,15-17H,5-7,10-14,18H2,1-4H3;1H. The average Bonchev–Trinajstić information content (AvgIpc) is 2.96. The molecule has 2 aromatic carbocycles. The van der Waals surface area contributed by atoms with Crippen molar-refractivity contribution in [2.24, 2.45) is 0 Å². The molecule has 0 spiro atoms. The predicted octanol–water partition coefficient (Wildman–Crippen LogP) is 4.78. The van der Waals surface area contributed by atoms with Crippen LogP contribution >= 0.6 is 28.3 Å². The maximum atomic E-state index is 12.8. The molecule has 0 N–H and O–H groups in total. The molecule has 0 unspecified atom stereocenters. The normalized spacial score (nSPS) is 13.2. The van der Waals surface area contributed by atoms with Gasteiger partial charge >= 0.3 is 0 Å². The van der Waals surface area contributed by atoms with Crippen molar-refractivity contribution in [2.45, 2.75) is 32.1 Å². The first-order chi connectivity index (χ1) is 15.9. The van der Waals surface area contributed by atoms with E-state index < -0.39 is 0 Å². The Kier molecular flexibility index (Phi) is 11.5. The number of rotatable bonds is 11. The summed E-state index contributed by atoms with van der Waals surface area (Å²) < 4.78 is 17.0. The van der Waals surface area contributed by atoms with E-state index in [1.165, 1.54) is 11.1 Å². The van der Waals surface area contributed by atoms with Gasteiger partial charge in [-0.05, 0) is 103 Å². The fourth-order valence-electron chi connectivity index (χ4n) is 4.31. The molecule has 0 bridgehead atoms. The first kappa shape index (κ1) is 28.3. The first-order valence-electron chi connectivity index (χ1n) is 11.5. The molecule has 0 fully saturated rings. The van der Waals surface area contributed by atoms with Crippen molar-refractivity contribution in [3.63, 3.8) is 0 Å². The predicted molar refractivity (Wildman–Crippen MR) is 142 cm³/mol. The van der Waals surface area contributed by atoms with E-state index in [-0.39, 0.29) is 18.3 Å². The first-order valence-corrected chi connectivity index (χ1v) is 12.3. The molecule has 1 amide bonds. The van der Waals surface area contributed by atoms with Gasteiger partial charge in [-0.25, -0.2) is 0 Å². The minimum Gasteiger partial charge on any atom is -0.496 e. The second kappa shape index (κ2) is 13.8. The van der Waals surface area contributed by atoms with Crippen molar-refractivity contribution in [1.82, 2.24) is 9.80 Å². The molecular weight excluding hydrogens is 520 g/mol. The fourth-order valence-corrected chi connectivity index (χ4v) is 4.87. The number of nitrogens with zero attached hydrogens (tertiary/aromatic N) is 2. The highest BCUT2D eigenvalue weighted by molar-refractivity contribution is 9.10. The van der Waals surface area contributed by atoms with Crippen LogP contribution in [0.25, 0.3) is 0 Å². The largest absolute Gasteiger partial charge is 0.496 e. The number of benzene rings is 2. The molecule has 188 valence electrons. The van der Waals surface area contributed by atoms with Crippen molar-refractivity contribution in [3.05, 3.63) is 51.5 Å². The summed E-state index contributed by atoms with van der Waals surface area (Å²) in [6.45, 7) is 3.56. The second-order valence-electron chi connectivity index (χ2n) is 8.51. The van der Waals surface area contributed by atoms with Gasteiger partial charge in [0, 0.05) is 13.1 Å². The second-order valence-corrected chi connectivity index (χ2v) is 9.37. The van der Waals surface area contributed by atoms with E-state index in [2.05, 4.69) is 46.1 Å². The molecule has 0 saturated carbocycles. The molecule has 34 heavy (non-hydrogen) atoms. The van der Waals surface area contributed by atoms with Crippen molar-refractivity contribution in [2.75, 3.05) is 54.6 Å². The molecule has 1 heterocycles. The lowest BCUT2D eigenvalue weighted by molar-refractivity contribution is -0.130. The molecule has 0 atom stereocenters. The number of halogens is 2. The van der Waals surface area contributed by atoms with Crippen molar-refractivity contribution in [1.29, 1.82) is 0 Å². The molecule has 0 aliphatic carbocycles. The van der Waals surface area contributed by atoms with Crippen LogP contribution < -0.4 is 14.2 Å². The van der Waals surface area contributed by atoms with Crippen LogP contribution in [0.3, 0.4) is 0 Å². The third-order valence-electron chi connectivity index (χ3n) is 6.24. The van der Waals surface area contributed by atoms with Gasteiger partial charge in [0.05, 0.1) is 32.2 Å². The Morgan fingerprint density at radius 1 is 0.941 bits per heavy atom. The molecule has 0 aromatic heterocycles. The zero-order valence-corrected chi connectivity index (χ0v) is 23.0. The summed E-state index contributed by atoms with van der Waals surface area (Å²) in [5.41, 5.74) is 3.56. The number of hydrogen-bond acceptors (Lipinski definition) is 5. The van der Waals surface area contributed by atoms with E-state index >= 15 is 0 Å². The number of aryl methyl sites for hydroxylation is 1. The zero-order valence-electron chi connectivity index (χ0n) is 20.6. The third kappa shape index (κ3) is 7.52. The van der Waals surface area contributed by atoms with Crippen LogP contribution in [0.15, 0.2) is 34.8 Å². The van der Waals surface area contributed by atoms with E-state index in [0.717, 1.165) is 79.1 Å². The van der Waals surface area contributed by atoms with Gasteiger partial charge in [0.1, 0.15) is 5.75 Å². The molecule has 6 nitrogen and oxygen atoms in total. The molecule has 2 aromatic rings. The summed E-state index contributed by atoms with van der Waals surface area (Å²) >= 11 is 3.56. The van der Waals surface area contributed by atoms with Crippen molar-refractivity contribution >= 4 is 34.2 Å². The summed E-state index contributed by atoms with van der Waals surface area (Å²) in [6.07, 6.45) is 4.36. The quantitative estimate of drug-likeness (QED) is 0.400. The number of ether oxygens (including phenoxy) is 3. The van der Waals surface area contributed by atoms with E-state index in [0.29, 0.717) is 6.42 Å². The molecule has 0 radical (unpaired) electrons. The third-order valence-corrected chi connectivity index (χ3v) is 6.86. The van der Waals surface area contributed by atoms with Gasteiger partial charge in [0.25, 0.3) is 0 Å². The number of methoxy groups -OCH3 is 3. The number of hydrogen-bond donors (Lipinski definition) is 0. The minimum absolute atomic E-state index is 0. The fraction of sp³-hybridized carbons (Fsp3) is 0.500. The summed E-state index contributed by atoms with van der Waals surface area (Å²) in [6, 6.07) is 10.2. The van der Waals surface area contributed by atoms with Gasteiger partial charge in [-0.1, -0.05) is 6.07 Å². The van der Waals surface area contributed by atoms with Crippen molar-refractivity contribution < 1.29 is 19.0 Å². The Balaban J connectivity index is 0.00000408. The summed E-state index contributed by atoms with van der Waals surface area (Å²) in [5.74, 6) is 2.52. The molecule has 3 rings (SSSR count). The van der Waals surface area contributed by atoms with Crippen LogP contribution in [0.4, 0.5) is 0 Å². The number of carbonyl (C=O) groups is 1. The highest BCUT2D eigenvalue weighted by atomic mass is 79.9. The van der Waals surface area contributed by atoms with E-state index in [4.69, 9.17) is 14.2 Å². The van der Waals surface area contributed by atoms with Crippen LogP contribution in [-0.4, -0.2) is 70.3 Å². The lowest BCUT2D eigenvalue weighted by Gasteiger charge is -2.23. The van der Waals surface area contributed by atoms with Gasteiger partial charge in [-0.2, -0.15) is 0 Å². The topological polar surface area (TPSA) is 51.2 Å². The van der Waals surface area contributed by atoms with Crippen LogP contribution in [0.1, 0.15) is 29.5 Å². The maximum Gasteiger partial charge on any atom is 0.227 e. The monoisotopic (exact) mass is 554 g/mol. The van der Waals surface area contributed by atoms with Gasteiger partial charge in [-0.3, -0.25) is 4.79 Å². The molecule has 1 aliphatic heterocycles. The zero-order chi connectivity index (χ0) is 23.8. The van der Waals surface area contributed by atoms with E-state index in [1.807, 2.05) is 17.0 Å². The Morgan fingerprint density at radius 2 is 1.65 bits per heavy atom. The number of amides is 1. The van der Waals surface area contributed by atoms with Crippen molar-refractivity contribution in [3.8, 4) is 17.2 Å². The van der Waals surface area contributed by atoms with Gasteiger partial charge in [0.2, 0.25) is 5.91 Å². The number of fused-ring (bicyclic) bond motifs is 1.